The van der Waals surface area contributed by atoms with Crippen molar-refractivity contribution < 1.29 is 4.79 Å². The molecule has 62 valence electrons. The largest absolute Gasteiger partial charge is 0.343 e. The monoisotopic (exact) mass is 174 g/mol. The molecule has 6 N–H and O–H groups in total. The van der Waals surface area contributed by atoms with Gasteiger partial charge in [-0.2, -0.15) is 11.3 Å². The molecular weight excluding hydrogens is 164 g/mol. The van der Waals surface area contributed by atoms with E-state index in [9.17, 15) is 4.79 Å². The van der Waals surface area contributed by atoms with Gasteiger partial charge >= 0.3 is 6.03 Å². The third kappa shape index (κ3) is 6.78. The molecule has 1 heterocycles. The number of nitrogens with two attached hydrogens (primary N) is 2. The molecule has 0 aliphatic carbocycles. The van der Waals surface area contributed by atoms with Crippen molar-refractivity contribution in [3.05, 3.63) is 22.9 Å². The van der Waals surface area contributed by atoms with E-state index in [0.717, 1.165) is 0 Å². The lowest BCUT2D eigenvalue weighted by molar-refractivity contribution is 0.241. The van der Waals surface area contributed by atoms with Gasteiger partial charge in [0, 0.05) is 0 Å². The van der Waals surface area contributed by atoms with E-state index < -0.39 is 6.03 Å². The van der Waals surface area contributed by atoms with Crippen LogP contribution in [0.2, 0.25) is 0 Å². The van der Waals surface area contributed by atoms with Crippen molar-refractivity contribution in [1.29, 1.82) is 0 Å². The quantitative estimate of drug-likeness (QED) is 0.249. The molecule has 0 atom stereocenters. The van der Waals surface area contributed by atoms with Gasteiger partial charge in [0.2, 0.25) is 0 Å². The second kappa shape index (κ2) is 7.00. The Balaban J connectivity index is 0.000000183. The number of amides is 2. The van der Waals surface area contributed by atoms with Crippen molar-refractivity contribution in [1.82, 2.24) is 10.9 Å². The van der Waals surface area contributed by atoms with Crippen LogP contribution < -0.4 is 22.5 Å². The van der Waals surface area contributed by atoms with Gasteiger partial charge in [0.15, 0.2) is 0 Å². The van der Waals surface area contributed by atoms with E-state index in [0.29, 0.717) is 0 Å². The summed E-state index contributed by atoms with van der Waals surface area (Å²) in [6, 6.07) is 3.44. The molecular formula is C5H10N4OS. The zero-order valence-electron chi connectivity index (χ0n) is 5.78. The molecule has 6 heteroatoms. The van der Waals surface area contributed by atoms with Gasteiger partial charge in [-0.15, -0.1) is 0 Å². The number of rotatable bonds is 0. The Bertz CT molecular complexity index is 153. The molecule has 0 radical (unpaired) electrons. The highest BCUT2D eigenvalue weighted by molar-refractivity contribution is 7.07. The van der Waals surface area contributed by atoms with E-state index >= 15 is 0 Å². The van der Waals surface area contributed by atoms with E-state index in [-0.39, 0.29) is 0 Å². The normalized spacial score (nSPS) is 7.45. The summed E-state index contributed by atoms with van der Waals surface area (Å²) in [4.78, 5) is 9.71. The van der Waals surface area contributed by atoms with Crippen LogP contribution in [0.3, 0.4) is 0 Å². The number of nitrogens with one attached hydrogen (secondary N) is 2. The molecule has 0 aromatic carbocycles. The first-order chi connectivity index (χ1) is 5.31. The average Bonchev–Trinajstić information content (AvgIpc) is 2.60. The minimum Gasteiger partial charge on any atom is -0.275 e. The molecule has 0 fully saturated rings. The van der Waals surface area contributed by atoms with Gasteiger partial charge in [0.25, 0.3) is 0 Å². The predicted molar refractivity (Wildman–Crippen MR) is 44.4 cm³/mol. The van der Waals surface area contributed by atoms with Gasteiger partial charge in [-0.3, -0.25) is 10.9 Å². The third-order valence-electron chi connectivity index (χ3n) is 0.688. The van der Waals surface area contributed by atoms with Crippen LogP contribution >= 0.6 is 11.3 Å². The highest BCUT2D eigenvalue weighted by atomic mass is 32.1. The second-order valence-electron chi connectivity index (χ2n) is 1.41. The minimum absolute atomic E-state index is 0.602. The maximum atomic E-state index is 9.71. The fourth-order valence-electron chi connectivity index (χ4n) is 0.268. The number of hydrazine groups is 2. The van der Waals surface area contributed by atoms with Gasteiger partial charge in [-0.1, -0.05) is 12.1 Å². The van der Waals surface area contributed by atoms with Crippen LogP contribution in [0.15, 0.2) is 22.9 Å². The number of hydrogen-bond donors (Lipinski definition) is 4. The standard InChI is InChI=1S/C4H4S.CH6N4O/c1-2-4-5-3-1;2-4-1(6)5-3/h1-4H;2-3H2,(H2,4,5,6). The summed E-state index contributed by atoms with van der Waals surface area (Å²) in [5, 5.41) is 4.08. The van der Waals surface area contributed by atoms with Crippen LogP contribution in [0, 0.1) is 0 Å². The van der Waals surface area contributed by atoms with Gasteiger partial charge in [0.1, 0.15) is 0 Å². The van der Waals surface area contributed by atoms with Crippen molar-refractivity contribution in [2.75, 3.05) is 0 Å². The Morgan fingerprint density at radius 1 is 1.18 bits per heavy atom. The van der Waals surface area contributed by atoms with Gasteiger partial charge < -0.3 is 0 Å². The van der Waals surface area contributed by atoms with Crippen LogP contribution in [0.4, 0.5) is 4.79 Å². The lowest BCUT2D eigenvalue weighted by Gasteiger charge is -1.90. The number of carbonyl (C=O) groups excluding carboxylic acids is 1. The molecule has 0 saturated heterocycles. The summed E-state index contributed by atoms with van der Waals surface area (Å²) in [5.41, 5.74) is 3.48. The fraction of sp³-hybridized carbons (Fsp3) is 0. The van der Waals surface area contributed by atoms with Crippen LogP contribution in [0.25, 0.3) is 0 Å². The summed E-state index contributed by atoms with van der Waals surface area (Å²) in [7, 11) is 0. The van der Waals surface area contributed by atoms with E-state index in [2.05, 4.69) is 11.7 Å². The van der Waals surface area contributed by atoms with Crippen LogP contribution in [-0.2, 0) is 0 Å². The van der Waals surface area contributed by atoms with Crippen LogP contribution in [0.5, 0.6) is 0 Å². The van der Waals surface area contributed by atoms with E-state index in [1.165, 1.54) is 0 Å². The molecule has 0 aliphatic rings. The molecule has 0 aliphatic heterocycles. The lowest BCUT2D eigenvalue weighted by atomic mass is 10.7. The highest BCUT2D eigenvalue weighted by Crippen LogP contribution is 1.91. The topological polar surface area (TPSA) is 93.2 Å². The smallest absolute Gasteiger partial charge is 0.275 e. The SMILES string of the molecule is NNC(=O)NN.c1ccsc1. The number of urea groups is 1. The lowest BCUT2D eigenvalue weighted by Crippen LogP contribution is -2.43. The molecule has 1 rings (SSSR count). The molecule has 0 saturated carbocycles. The molecule has 0 bridgehead atoms. The van der Waals surface area contributed by atoms with Crippen molar-refractivity contribution >= 4 is 17.4 Å². The summed E-state index contributed by atoms with van der Waals surface area (Å²) < 4.78 is 0. The average molecular weight is 174 g/mol. The maximum absolute atomic E-state index is 9.71. The highest BCUT2D eigenvalue weighted by Gasteiger charge is 1.83. The van der Waals surface area contributed by atoms with E-state index in [1.54, 1.807) is 22.2 Å². The first-order valence-electron chi connectivity index (χ1n) is 2.75. The molecule has 2 amide bonds. The minimum atomic E-state index is -0.602. The predicted octanol–water partition coefficient (Wildman–Crippen LogP) is -0.219. The Hall–Kier alpha value is -1.11. The van der Waals surface area contributed by atoms with Gasteiger partial charge in [-0.05, 0) is 10.8 Å². The Morgan fingerprint density at radius 3 is 1.73 bits per heavy atom. The number of carbonyl (C=O) groups is 1. The second-order valence-corrected chi connectivity index (χ2v) is 2.23. The zero-order valence-corrected chi connectivity index (χ0v) is 6.60. The molecule has 0 unspecified atom stereocenters. The van der Waals surface area contributed by atoms with Crippen molar-refractivity contribution in [2.45, 2.75) is 0 Å². The van der Waals surface area contributed by atoms with Gasteiger partial charge in [0.05, 0.1) is 0 Å². The zero-order chi connectivity index (χ0) is 8.53. The van der Waals surface area contributed by atoms with E-state index in [1.807, 2.05) is 22.9 Å². The van der Waals surface area contributed by atoms with Crippen LogP contribution in [0.1, 0.15) is 0 Å². The number of thiophene rings is 1. The van der Waals surface area contributed by atoms with Crippen molar-refractivity contribution in [3.63, 3.8) is 0 Å². The summed E-state index contributed by atoms with van der Waals surface area (Å²) in [5.74, 6) is 9.08. The van der Waals surface area contributed by atoms with Gasteiger partial charge in [-0.25, -0.2) is 16.5 Å². The van der Waals surface area contributed by atoms with E-state index in [4.69, 9.17) is 0 Å². The summed E-state index contributed by atoms with van der Waals surface area (Å²) in [6.45, 7) is 0. The molecule has 1 aromatic heterocycles. The Morgan fingerprint density at radius 2 is 1.64 bits per heavy atom. The Kier molecular flexibility index (Phi) is 6.30. The third-order valence-corrected chi connectivity index (χ3v) is 1.32. The Labute approximate surface area is 68.3 Å². The molecule has 1 aromatic rings. The van der Waals surface area contributed by atoms with Crippen molar-refractivity contribution in [3.8, 4) is 0 Å². The first-order valence-corrected chi connectivity index (χ1v) is 3.70. The number of hydrogen-bond acceptors (Lipinski definition) is 4. The molecule has 0 spiro atoms. The van der Waals surface area contributed by atoms with Crippen molar-refractivity contribution in [2.24, 2.45) is 11.7 Å². The molecule has 5 nitrogen and oxygen atoms in total. The molecule has 11 heavy (non-hydrogen) atoms. The fourth-order valence-corrected chi connectivity index (χ4v) is 0.722. The summed E-state index contributed by atoms with van der Waals surface area (Å²) >= 11 is 1.71. The first kappa shape index (κ1) is 9.89. The summed E-state index contributed by atoms with van der Waals surface area (Å²) in [6.07, 6.45) is 0. The van der Waals surface area contributed by atoms with Crippen LogP contribution in [-0.4, -0.2) is 6.03 Å². The maximum Gasteiger partial charge on any atom is 0.343 e.